The molecule has 2 N–H and O–H groups in total. The topological polar surface area (TPSA) is 130 Å². The highest BCUT2D eigenvalue weighted by Gasteiger charge is 2.56. The van der Waals surface area contributed by atoms with Gasteiger partial charge in [0.25, 0.3) is 0 Å². The lowest BCUT2D eigenvalue weighted by atomic mass is 10.0. The molecule has 2 aliphatic rings. The van der Waals surface area contributed by atoms with Crippen LogP contribution in [0.4, 0.5) is 15.8 Å². The Hall–Kier alpha value is -4.97. The van der Waals surface area contributed by atoms with E-state index in [1.54, 1.807) is 37.4 Å². The molecule has 0 unspecified atom stereocenters. The number of halogens is 1. The number of benzene rings is 3. The van der Waals surface area contributed by atoms with Gasteiger partial charge in [-0.1, -0.05) is 0 Å². The maximum absolute atomic E-state index is 13.2. The van der Waals surface area contributed by atoms with Crippen molar-refractivity contribution in [3.63, 3.8) is 0 Å². The number of ether oxygens (including phenoxy) is 5. The van der Waals surface area contributed by atoms with E-state index < -0.39 is 23.0 Å². The molecule has 216 valence electrons. The van der Waals surface area contributed by atoms with Gasteiger partial charge in [0.1, 0.15) is 48.5 Å². The van der Waals surface area contributed by atoms with E-state index in [2.05, 4.69) is 20.6 Å². The van der Waals surface area contributed by atoms with Gasteiger partial charge in [0.15, 0.2) is 11.5 Å². The highest BCUT2D eigenvalue weighted by molar-refractivity contribution is 6.16. The number of methoxy groups -OCH3 is 1. The quantitative estimate of drug-likeness (QED) is 0.204. The van der Waals surface area contributed by atoms with E-state index in [-0.39, 0.29) is 5.88 Å². The highest BCUT2D eigenvalue weighted by Crippen LogP contribution is 2.49. The standard InChI is InChI=1S/C30H27FN4O7/c1-38-12-13-39-23-16-22-24(26-25(23)40-14-15-41-26)27(33-17-32-22)42-21-8-6-20(7-9-21)35-29(37)30(10-11-30)28(36)34-19-4-2-18(31)3-5-19/h2-9,16-17H,10-15H2,1H3,(H,34,36)(H,35,37). The number of fused-ring (bicyclic) bond motifs is 3. The fourth-order valence-electron chi connectivity index (χ4n) is 4.54. The fraction of sp³-hybridized carbons (Fsp3) is 0.267. The molecule has 1 aliphatic heterocycles. The summed E-state index contributed by atoms with van der Waals surface area (Å²) >= 11 is 0. The number of anilines is 2. The average Bonchev–Trinajstić information content (AvgIpc) is 3.82. The van der Waals surface area contributed by atoms with Crippen LogP contribution in [-0.2, 0) is 14.3 Å². The number of amides is 2. The predicted molar refractivity (Wildman–Crippen MR) is 150 cm³/mol. The lowest BCUT2D eigenvalue weighted by molar-refractivity contribution is -0.131. The van der Waals surface area contributed by atoms with Gasteiger partial charge in [-0.2, -0.15) is 0 Å². The number of carbonyl (C=O) groups excluding carboxylic acids is 2. The van der Waals surface area contributed by atoms with Gasteiger partial charge in [-0.15, -0.1) is 0 Å². The minimum absolute atomic E-state index is 0.261. The first-order valence-electron chi connectivity index (χ1n) is 13.3. The molecule has 0 bridgehead atoms. The normalized spacial score (nSPS) is 14.6. The molecule has 3 aromatic carbocycles. The second kappa shape index (κ2) is 11.5. The van der Waals surface area contributed by atoms with E-state index in [9.17, 15) is 14.0 Å². The third-order valence-electron chi connectivity index (χ3n) is 6.94. The van der Waals surface area contributed by atoms with Crippen LogP contribution in [0.25, 0.3) is 10.9 Å². The molecule has 42 heavy (non-hydrogen) atoms. The molecule has 4 aromatic rings. The van der Waals surface area contributed by atoms with Crippen molar-refractivity contribution in [1.29, 1.82) is 0 Å². The van der Waals surface area contributed by atoms with E-state index in [1.807, 2.05) is 0 Å². The SMILES string of the molecule is COCCOc1cc2ncnc(Oc3ccc(NC(=O)C4(C(=O)Nc5ccc(F)cc5)CC4)cc3)c2c2c1OCCO2. The van der Waals surface area contributed by atoms with Crippen LogP contribution < -0.4 is 29.6 Å². The smallest absolute Gasteiger partial charge is 0.240 e. The van der Waals surface area contributed by atoms with Gasteiger partial charge < -0.3 is 34.3 Å². The predicted octanol–water partition coefficient (Wildman–Crippen LogP) is 4.72. The molecular weight excluding hydrogens is 547 g/mol. The zero-order chi connectivity index (χ0) is 29.1. The molecule has 1 aromatic heterocycles. The number of carbonyl (C=O) groups is 2. The molecule has 11 nitrogen and oxygen atoms in total. The summed E-state index contributed by atoms with van der Waals surface area (Å²) < 4.78 is 42.0. The summed E-state index contributed by atoms with van der Waals surface area (Å²) in [5.74, 6) is 0.823. The fourth-order valence-corrected chi connectivity index (χ4v) is 4.54. The van der Waals surface area contributed by atoms with Crippen LogP contribution >= 0.6 is 0 Å². The molecule has 2 heterocycles. The number of nitrogens with one attached hydrogen (secondary N) is 2. The van der Waals surface area contributed by atoms with Gasteiger partial charge >= 0.3 is 0 Å². The molecule has 0 spiro atoms. The van der Waals surface area contributed by atoms with Crippen LogP contribution in [0.5, 0.6) is 28.9 Å². The average molecular weight is 575 g/mol. The van der Waals surface area contributed by atoms with Gasteiger partial charge in [-0.3, -0.25) is 9.59 Å². The van der Waals surface area contributed by atoms with Gasteiger partial charge in [0.2, 0.25) is 23.4 Å². The second-order valence-corrected chi connectivity index (χ2v) is 9.77. The van der Waals surface area contributed by atoms with E-state index >= 15 is 0 Å². The summed E-state index contributed by atoms with van der Waals surface area (Å²) in [5, 5.41) is 6.04. The van der Waals surface area contributed by atoms with E-state index in [4.69, 9.17) is 23.7 Å². The summed E-state index contributed by atoms with van der Waals surface area (Å²) in [4.78, 5) is 34.6. The van der Waals surface area contributed by atoms with Crippen LogP contribution in [-0.4, -0.2) is 55.3 Å². The number of hydrogen-bond donors (Lipinski definition) is 2. The van der Waals surface area contributed by atoms with Crippen LogP contribution in [0.2, 0.25) is 0 Å². The summed E-state index contributed by atoms with van der Waals surface area (Å²) in [6.45, 7) is 1.45. The zero-order valence-electron chi connectivity index (χ0n) is 22.6. The molecule has 0 atom stereocenters. The number of aromatic nitrogens is 2. The van der Waals surface area contributed by atoms with Crippen LogP contribution in [0.1, 0.15) is 12.8 Å². The highest BCUT2D eigenvalue weighted by atomic mass is 19.1. The van der Waals surface area contributed by atoms with Crippen molar-refractivity contribution in [3.8, 4) is 28.9 Å². The summed E-state index contributed by atoms with van der Waals surface area (Å²) in [6, 6.07) is 13.8. The van der Waals surface area contributed by atoms with Gasteiger partial charge in [0.05, 0.1) is 12.1 Å². The molecular formula is C30H27FN4O7. The van der Waals surface area contributed by atoms with Crippen molar-refractivity contribution >= 4 is 34.1 Å². The zero-order valence-corrected chi connectivity index (χ0v) is 22.6. The second-order valence-electron chi connectivity index (χ2n) is 9.77. The molecule has 12 heteroatoms. The summed E-state index contributed by atoms with van der Waals surface area (Å²) in [5.41, 5.74) is 0.297. The van der Waals surface area contributed by atoms with Crippen molar-refractivity contribution in [2.45, 2.75) is 12.8 Å². The largest absolute Gasteiger partial charge is 0.487 e. The number of nitrogens with zero attached hydrogens (tertiary/aromatic N) is 2. The monoisotopic (exact) mass is 574 g/mol. The van der Waals surface area contributed by atoms with Gasteiger partial charge in [-0.25, -0.2) is 14.4 Å². The molecule has 0 saturated heterocycles. The van der Waals surface area contributed by atoms with E-state index in [0.29, 0.717) is 84.5 Å². The Bertz CT molecular complexity index is 1630. The molecule has 1 fully saturated rings. The molecule has 6 rings (SSSR count). The van der Waals surface area contributed by atoms with Crippen LogP contribution in [0.3, 0.4) is 0 Å². The maximum Gasteiger partial charge on any atom is 0.240 e. The van der Waals surface area contributed by atoms with E-state index in [0.717, 1.165) is 0 Å². The van der Waals surface area contributed by atoms with Crippen molar-refractivity contribution in [2.24, 2.45) is 5.41 Å². The Morgan fingerprint density at radius 3 is 2.19 bits per heavy atom. The lowest BCUT2D eigenvalue weighted by Gasteiger charge is -2.23. The minimum atomic E-state index is -1.17. The Labute approximate surface area is 239 Å². The van der Waals surface area contributed by atoms with Gasteiger partial charge in [0, 0.05) is 24.6 Å². The van der Waals surface area contributed by atoms with E-state index in [1.165, 1.54) is 30.6 Å². The minimum Gasteiger partial charge on any atom is -0.487 e. The van der Waals surface area contributed by atoms with Gasteiger partial charge in [-0.05, 0) is 61.4 Å². The first-order valence-corrected chi connectivity index (χ1v) is 13.3. The number of rotatable bonds is 10. The first kappa shape index (κ1) is 27.2. The van der Waals surface area contributed by atoms with Crippen molar-refractivity contribution in [3.05, 3.63) is 66.7 Å². The summed E-state index contributed by atoms with van der Waals surface area (Å²) in [7, 11) is 1.59. The number of hydrogen-bond acceptors (Lipinski definition) is 9. The van der Waals surface area contributed by atoms with Crippen LogP contribution in [0, 0.1) is 11.2 Å². The molecule has 1 saturated carbocycles. The Morgan fingerprint density at radius 1 is 0.905 bits per heavy atom. The van der Waals surface area contributed by atoms with Crippen molar-refractivity contribution in [1.82, 2.24) is 9.97 Å². The van der Waals surface area contributed by atoms with Crippen molar-refractivity contribution < 1.29 is 37.7 Å². The molecule has 1 aliphatic carbocycles. The Balaban J connectivity index is 1.16. The third-order valence-corrected chi connectivity index (χ3v) is 6.94. The maximum atomic E-state index is 13.2. The lowest BCUT2D eigenvalue weighted by Crippen LogP contribution is -2.35. The third kappa shape index (κ3) is 5.48. The summed E-state index contributed by atoms with van der Waals surface area (Å²) in [6.07, 6.45) is 2.22. The Morgan fingerprint density at radius 2 is 1.55 bits per heavy atom. The first-order chi connectivity index (χ1) is 20.5. The Kier molecular flexibility index (Phi) is 7.44. The van der Waals surface area contributed by atoms with Crippen molar-refractivity contribution in [2.75, 3.05) is 44.2 Å². The molecule has 2 amide bonds. The van der Waals surface area contributed by atoms with Crippen LogP contribution in [0.15, 0.2) is 60.9 Å². The molecule has 0 radical (unpaired) electrons.